The molecule has 148 valence electrons. The smallest absolute Gasteiger partial charge is 0.275 e. The third kappa shape index (κ3) is 6.31. The van der Waals surface area contributed by atoms with Crippen LogP contribution in [0, 0.1) is 0 Å². The van der Waals surface area contributed by atoms with E-state index in [2.05, 4.69) is 15.6 Å². The molecule has 8 heteroatoms. The Kier molecular flexibility index (Phi) is 8.41. The summed E-state index contributed by atoms with van der Waals surface area (Å²) in [7, 11) is 0. The first-order valence-corrected chi connectivity index (χ1v) is 9.55. The van der Waals surface area contributed by atoms with E-state index in [1.165, 1.54) is 11.3 Å². The van der Waals surface area contributed by atoms with Crippen molar-refractivity contribution in [1.29, 1.82) is 0 Å². The molecule has 6 nitrogen and oxygen atoms in total. The molecule has 5 N–H and O–H groups in total. The van der Waals surface area contributed by atoms with Crippen molar-refractivity contribution in [1.82, 2.24) is 10.3 Å². The van der Waals surface area contributed by atoms with Crippen LogP contribution in [0.25, 0.3) is 0 Å². The third-order valence-electron chi connectivity index (χ3n) is 4.08. The zero-order chi connectivity index (χ0) is 19.1. The molecule has 0 spiro atoms. The summed E-state index contributed by atoms with van der Waals surface area (Å²) in [6.45, 7) is 1.27. The maximum atomic E-state index is 12.0. The van der Waals surface area contributed by atoms with Crippen LogP contribution in [0.5, 0.6) is 0 Å². The molecule has 1 unspecified atom stereocenters. The summed E-state index contributed by atoms with van der Waals surface area (Å²) in [6.07, 6.45) is 0.321. The van der Waals surface area contributed by atoms with Crippen LogP contribution in [-0.2, 0) is 6.42 Å². The zero-order valence-corrected chi connectivity index (χ0v) is 16.8. The number of thiazole rings is 1. The number of carbonyl (C=O) groups excluding carboxylic acids is 1. The summed E-state index contributed by atoms with van der Waals surface area (Å²) >= 11 is 1.24. The fourth-order valence-corrected chi connectivity index (χ4v) is 3.15. The van der Waals surface area contributed by atoms with E-state index in [0.717, 1.165) is 24.1 Å². The predicted octanol–water partition coefficient (Wildman–Crippen LogP) is 3.27. The van der Waals surface area contributed by atoms with E-state index in [4.69, 9.17) is 5.73 Å². The van der Waals surface area contributed by atoms with Gasteiger partial charge in [-0.1, -0.05) is 42.5 Å². The number of benzene rings is 2. The lowest BCUT2D eigenvalue weighted by Gasteiger charge is -2.12. The number of aliphatic hydroxyl groups excluding tert-OH is 1. The van der Waals surface area contributed by atoms with Crippen LogP contribution in [0.15, 0.2) is 60.0 Å². The highest BCUT2D eigenvalue weighted by atomic mass is 35.5. The van der Waals surface area contributed by atoms with Gasteiger partial charge in [-0.05, 0) is 36.2 Å². The number of amides is 1. The van der Waals surface area contributed by atoms with Crippen molar-refractivity contribution >= 4 is 40.5 Å². The first kappa shape index (κ1) is 21.8. The molecule has 1 atom stereocenters. The third-order valence-corrected chi connectivity index (χ3v) is 4.75. The lowest BCUT2D eigenvalue weighted by atomic mass is 10.1. The summed E-state index contributed by atoms with van der Waals surface area (Å²) < 4.78 is 0. The molecule has 2 aromatic carbocycles. The Morgan fingerprint density at radius 3 is 2.50 bits per heavy atom. The highest BCUT2D eigenvalue weighted by molar-refractivity contribution is 7.13. The van der Waals surface area contributed by atoms with Crippen molar-refractivity contribution in [3.8, 4) is 0 Å². The van der Waals surface area contributed by atoms with E-state index in [1.54, 1.807) is 5.38 Å². The molecule has 0 fully saturated rings. The van der Waals surface area contributed by atoms with Crippen LogP contribution in [0.1, 0.15) is 27.7 Å². The molecule has 0 bridgehead atoms. The lowest BCUT2D eigenvalue weighted by Crippen LogP contribution is -2.23. The molecule has 0 saturated heterocycles. The molecule has 0 aliphatic rings. The average Bonchev–Trinajstić information content (AvgIpc) is 3.13. The molecular formula is C20H23ClN4O2S. The van der Waals surface area contributed by atoms with Crippen molar-refractivity contribution in [2.24, 2.45) is 0 Å². The predicted molar refractivity (Wildman–Crippen MR) is 116 cm³/mol. The van der Waals surface area contributed by atoms with E-state index in [1.807, 2.05) is 54.6 Å². The molecular weight excluding hydrogens is 396 g/mol. The number of nitrogens with one attached hydrogen (secondary N) is 2. The lowest BCUT2D eigenvalue weighted by molar-refractivity contribution is 0.102. The zero-order valence-electron chi connectivity index (χ0n) is 15.2. The maximum absolute atomic E-state index is 12.0. The Morgan fingerprint density at radius 1 is 1.14 bits per heavy atom. The number of nitrogens with two attached hydrogens (primary N) is 1. The molecule has 1 amide bonds. The minimum absolute atomic E-state index is 0. The molecule has 1 heterocycles. The molecule has 1 aromatic heterocycles. The number of nitrogen functional groups attached to an aromatic ring is 1. The van der Waals surface area contributed by atoms with Crippen LogP contribution in [0.3, 0.4) is 0 Å². The number of carbonyl (C=O) groups is 1. The number of anilines is 2. The molecule has 3 aromatic rings. The normalized spacial score (nSPS) is 11.5. The Bertz CT molecular complexity index is 871. The number of rotatable bonds is 8. The number of aromatic nitrogens is 1. The highest BCUT2D eigenvalue weighted by Crippen LogP contribution is 2.15. The van der Waals surface area contributed by atoms with Crippen LogP contribution in [0.2, 0.25) is 0 Å². The van der Waals surface area contributed by atoms with Gasteiger partial charge in [-0.2, -0.15) is 0 Å². The molecule has 3 rings (SSSR count). The fourth-order valence-electron chi connectivity index (χ4n) is 2.61. The van der Waals surface area contributed by atoms with Crippen molar-refractivity contribution in [2.45, 2.75) is 12.5 Å². The number of hydrogen-bond acceptors (Lipinski definition) is 6. The van der Waals surface area contributed by atoms with Gasteiger partial charge in [-0.15, -0.1) is 23.7 Å². The summed E-state index contributed by atoms with van der Waals surface area (Å²) in [6, 6.07) is 17.3. The number of nitrogens with zero attached hydrogens (tertiary/aromatic N) is 1. The highest BCUT2D eigenvalue weighted by Gasteiger charge is 2.10. The van der Waals surface area contributed by atoms with Crippen LogP contribution >= 0.6 is 23.7 Å². The number of aliphatic hydroxyl groups is 1. The van der Waals surface area contributed by atoms with Gasteiger partial charge in [0, 0.05) is 17.6 Å². The largest absolute Gasteiger partial charge is 0.387 e. The molecule has 0 saturated carbocycles. The Labute approximate surface area is 174 Å². The first-order chi connectivity index (χ1) is 13.1. The van der Waals surface area contributed by atoms with Gasteiger partial charge in [0.2, 0.25) is 0 Å². The van der Waals surface area contributed by atoms with Gasteiger partial charge in [0.1, 0.15) is 5.69 Å². The number of hydrogen-bond donors (Lipinski definition) is 4. The second-order valence-electron chi connectivity index (χ2n) is 6.10. The van der Waals surface area contributed by atoms with E-state index in [9.17, 15) is 9.90 Å². The van der Waals surface area contributed by atoms with Crippen molar-refractivity contribution in [2.75, 3.05) is 24.1 Å². The maximum Gasteiger partial charge on any atom is 0.275 e. The van der Waals surface area contributed by atoms with Crippen molar-refractivity contribution < 1.29 is 9.90 Å². The van der Waals surface area contributed by atoms with Crippen molar-refractivity contribution in [3.05, 3.63) is 76.8 Å². The van der Waals surface area contributed by atoms with Gasteiger partial charge in [0.05, 0.1) is 6.10 Å². The fraction of sp³-hybridized carbons (Fsp3) is 0.200. The first-order valence-electron chi connectivity index (χ1n) is 8.67. The van der Waals surface area contributed by atoms with E-state index in [0.29, 0.717) is 23.1 Å². The Morgan fingerprint density at radius 2 is 1.86 bits per heavy atom. The molecule has 28 heavy (non-hydrogen) atoms. The topological polar surface area (TPSA) is 100 Å². The Hall–Kier alpha value is -2.45. The van der Waals surface area contributed by atoms with Gasteiger partial charge >= 0.3 is 0 Å². The van der Waals surface area contributed by atoms with Crippen molar-refractivity contribution in [3.63, 3.8) is 0 Å². The summed E-state index contributed by atoms with van der Waals surface area (Å²) in [5.41, 5.74) is 8.63. The molecule has 0 aliphatic heterocycles. The molecule has 0 aliphatic carbocycles. The minimum Gasteiger partial charge on any atom is -0.387 e. The Balaban J connectivity index is 0.00000280. The standard InChI is InChI=1S/C20H22N4O2S.ClH/c21-20-24-17(13-27-20)19(26)23-16-8-6-14(7-9-16)10-11-22-12-18(25)15-4-2-1-3-5-15;/h1-9,13,18,22,25H,10-12H2,(H2,21,24)(H,23,26);1H. The summed E-state index contributed by atoms with van der Waals surface area (Å²) in [5, 5.41) is 18.2. The van der Waals surface area contributed by atoms with E-state index in [-0.39, 0.29) is 18.3 Å². The van der Waals surface area contributed by atoms with Gasteiger partial charge in [-0.3, -0.25) is 4.79 Å². The van der Waals surface area contributed by atoms with Gasteiger partial charge in [0.25, 0.3) is 5.91 Å². The monoisotopic (exact) mass is 418 g/mol. The molecule has 0 radical (unpaired) electrons. The minimum atomic E-state index is -0.511. The summed E-state index contributed by atoms with van der Waals surface area (Å²) in [4.78, 5) is 16.0. The van der Waals surface area contributed by atoms with Crippen LogP contribution in [-0.4, -0.2) is 29.1 Å². The second kappa shape index (κ2) is 10.8. The quantitative estimate of drug-likeness (QED) is 0.421. The van der Waals surface area contributed by atoms with Gasteiger partial charge in [0.15, 0.2) is 5.13 Å². The van der Waals surface area contributed by atoms with Crippen LogP contribution in [0.4, 0.5) is 10.8 Å². The number of halogens is 1. The SMILES string of the molecule is Cl.Nc1nc(C(=O)Nc2ccc(CCNCC(O)c3ccccc3)cc2)cs1. The van der Waals surface area contributed by atoms with Crippen LogP contribution < -0.4 is 16.4 Å². The van der Waals surface area contributed by atoms with Gasteiger partial charge in [-0.25, -0.2) is 4.98 Å². The second-order valence-corrected chi connectivity index (χ2v) is 6.99. The van der Waals surface area contributed by atoms with Gasteiger partial charge < -0.3 is 21.5 Å². The van der Waals surface area contributed by atoms with E-state index < -0.39 is 6.10 Å². The van der Waals surface area contributed by atoms with E-state index >= 15 is 0 Å². The average molecular weight is 419 g/mol. The summed E-state index contributed by atoms with van der Waals surface area (Å²) in [5.74, 6) is -0.271.